The molecule has 0 radical (unpaired) electrons. The van der Waals surface area contributed by atoms with Crippen LogP contribution < -0.4 is 14.8 Å². The van der Waals surface area contributed by atoms with Crippen LogP contribution in [0.25, 0.3) is 0 Å². The Balaban J connectivity index is 2.19. The fourth-order valence-corrected chi connectivity index (χ4v) is 2.42. The van der Waals surface area contributed by atoms with E-state index in [0.29, 0.717) is 16.0 Å². The van der Waals surface area contributed by atoms with E-state index < -0.39 is 0 Å². The van der Waals surface area contributed by atoms with Crippen LogP contribution in [0.1, 0.15) is 18.5 Å². The summed E-state index contributed by atoms with van der Waals surface area (Å²) in [5.41, 5.74) is 1.89. The third kappa shape index (κ3) is 3.67. The highest BCUT2D eigenvalue weighted by Gasteiger charge is 2.11. The Labute approximate surface area is 132 Å². The monoisotopic (exact) mass is 353 g/mol. The molecule has 0 spiro atoms. The highest BCUT2D eigenvalue weighted by molar-refractivity contribution is 9.10. The van der Waals surface area contributed by atoms with Gasteiger partial charge in [-0.2, -0.15) is 0 Å². The minimum Gasteiger partial charge on any atom is -0.493 e. The summed E-state index contributed by atoms with van der Waals surface area (Å²) in [7, 11) is 3.21. The van der Waals surface area contributed by atoms with Crippen LogP contribution in [0.5, 0.6) is 11.5 Å². The van der Waals surface area contributed by atoms with E-state index in [-0.39, 0.29) is 11.9 Å². The molecule has 1 N–H and O–H groups in total. The standard InChI is InChI=1S/C16H17BrFNO2/c1-10(19-12-5-6-14(18)13(17)9-12)11-4-7-15(20-2)16(8-11)21-3/h4-10,19H,1-3H3. The summed E-state index contributed by atoms with van der Waals surface area (Å²) >= 11 is 3.18. The summed E-state index contributed by atoms with van der Waals surface area (Å²) in [6.07, 6.45) is 0. The fourth-order valence-electron chi connectivity index (χ4n) is 2.04. The van der Waals surface area contributed by atoms with Crippen molar-refractivity contribution in [3.63, 3.8) is 0 Å². The maximum absolute atomic E-state index is 13.2. The molecular weight excluding hydrogens is 337 g/mol. The van der Waals surface area contributed by atoms with Crippen molar-refractivity contribution in [2.45, 2.75) is 13.0 Å². The largest absolute Gasteiger partial charge is 0.493 e. The molecule has 2 aromatic rings. The third-order valence-electron chi connectivity index (χ3n) is 3.21. The summed E-state index contributed by atoms with van der Waals surface area (Å²) in [6.45, 7) is 2.03. The molecule has 0 fully saturated rings. The van der Waals surface area contributed by atoms with Crippen molar-refractivity contribution in [3.8, 4) is 11.5 Å². The SMILES string of the molecule is COc1ccc(C(C)Nc2ccc(F)c(Br)c2)cc1OC. The summed E-state index contributed by atoms with van der Waals surface area (Å²) in [5, 5.41) is 3.32. The van der Waals surface area contributed by atoms with Gasteiger partial charge in [-0.25, -0.2) is 4.39 Å². The molecule has 0 bridgehead atoms. The Morgan fingerprint density at radius 1 is 1.05 bits per heavy atom. The lowest BCUT2D eigenvalue weighted by molar-refractivity contribution is 0.354. The predicted octanol–water partition coefficient (Wildman–Crippen LogP) is 4.78. The van der Waals surface area contributed by atoms with Gasteiger partial charge in [0.2, 0.25) is 0 Å². The molecule has 112 valence electrons. The zero-order valence-electron chi connectivity index (χ0n) is 12.1. The lowest BCUT2D eigenvalue weighted by atomic mass is 10.1. The lowest BCUT2D eigenvalue weighted by Gasteiger charge is -2.18. The van der Waals surface area contributed by atoms with Crippen molar-refractivity contribution < 1.29 is 13.9 Å². The first-order chi connectivity index (χ1) is 10.0. The number of nitrogens with one attached hydrogen (secondary N) is 1. The summed E-state index contributed by atoms with van der Waals surface area (Å²) in [4.78, 5) is 0. The number of benzene rings is 2. The van der Waals surface area contributed by atoms with Crippen LogP contribution in [0.15, 0.2) is 40.9 Å². The molecule has 3 nitrogen and oxygen atoms in total. The first kappa shape index (κ1) is 15.6. The van der Waals surface area contributed by atoms with E-state index in [1.165, 1.54) is 6.07 Å². The van der Waals surface area contributed by atoms with Crippen molar-refractivity contribution >= 4 is 21.6 Å². The zero-order chi connectivity index (χ0) is 15.4. The molecule has 0 saturated carbocycles. The van der Waals surface area contributed by atoms with Gasteiger partial charge in [0.15, 0.2) is 11.5 Å². The van der Waals surface area contributed by atoms with Gasteiger partial charge in [-0.05, 0) is 58.7 Å². The molecule has 1 atom stereocenters. The van der Waals surface area contributed by atoms with Gasteiger partial charge in [-0.15, -0.1) is 0 Å². The van der Waals surface area contributed by atoms with Crippen molar-refractivity contribution in [1.29, 1.82) is 0 Å². The molecule has 0 amide bonds. The van der Waals surface area contributed by atoms with E-state index in [0.717, 1.165) is 11.3 Å². The Hall–Kier alpha value is -1.75. The first-order valence-electron chi connectivity index (χ1n) is 6.48. The van der Waals surface area contributed by atoms with E-state index in [9.17, 15) is 4.39 Å². The second-order valence-corrected chi connectivity index (χ2v) is 5.46. The van der Waals surface area contributed by atoms with E-state index in [1.807, 2.05) is 25.1 Å². The summed E-state index contributed by atoms with van der Waals surface area (Å²) < 4.78 is 24.2. The number of ether oxygens (including phenoxy) is 2. The normalized spacial score (nSPS) is 11.9. The highest BCUT2D eigenvalue weighted by atomic mass is 79.9. The number of anilines is 1. The number of halogens is 2. The second-order valence-electron chi connectivity index (χ2n) is 4.61. The van der Waals surface area contributed by atoms with Crippen molar-refractivity contribution in [2.75, 3.05) is 19.5 Å². The second kappa shape index (κ2) is 6.80. The molecular formula is C16H17BrFNO2. The third-order valence-corrected chi connectivity index (χ3v) is 3.82. The summed E-state index contributed by atoms with van der Waals surface area (Å²) in [5.74, 6) is 1.10. The van der Waals surface area contributed by atoms with Crippen LogP contribution in [-0.2, 0) is 0 Å². The predicted molar refractivity (Wildman–Crippen MR) is 85.7 cm³/mol. The highest BCUT2D eigenvalue weighted by Crippen LogP contribution is 2.31. The Kier molecular flexibility index (Phi) is 5.07. The van der Waals surface area contributed by atoms with Crippen molar-refractivity contribution in [2.24, 2.45) is 0 Å². The summed E-state index contributed by atoms with van der Waals surface area (Å²) in [6, 6.07) is 10.7. The lowest BCUT2D eigenvalue weighted by Crippen LogP contribution is -2.07. The van der Waals surface area contributed by atoms with Gasteiger partial charge < -0.3 is 14.8 Å². The molecule has 0 heterocycles. The molecule has 0 aliphatic rings. The van der Waals surface area contributed by atoms with Crippen LogP contribution >= 0.6 is 15.9 Å². The molecule has 0 aliphatic carbocycles. The Bertz CT molecular complexity index is 634. The number of hydrogen-bond donors (Lipinski definition) is 1. The van der Waals surface area contributed by atoms with E-state index >= 15 is 0 Å². The van der Waals surface area contributed by atoms with Gasteiger partial charge in [-0.1, -0.05) is 6.07 Å². The van der Waals surface area contributed by atoms with E-state index in [2.05, 4.69) is 21.2 Å². The van der Waals surface area contributed by atoms with Crippen LogP contribution in [0.3, 0.4) is 0 Å². The maximum Gasteiger partial charge on any atom is 0.161 e. The van der Waals surface area contributed by atoms with Gasteiger partial charge in [-0.3, -0.25) is 0 Å². The van der Waals surface area contributed by atoms with Crippen molar-refractivity contribution in [1.82, 2.24) is 0 Å². The number of hydrogen-bond acceptors (Lipinski definition) is 3. The van der Waals surface area contributed by atoms with Crippen LogP contribution in [0.4, 0.5) is 10.1 Å². The minimum absolute atomic E-state index is 0.0437. The van der Waals surface area contributed by atoms with Crippen molar-refractivity contribution in [3.05, 3.63) is 52.3 Å². The molecule has 2 aromatic carbocycles. The topological polar surface area (TPSA) is 30.5 Å². The average Bonchev–Trinajstić information content (AvgIpc) is 2.50. The average molecular weight is 354 g/mol. The molecule has 21 heavy (non-hydrogen) atoms. The van der Waals surface area contributed by atoms with Gasteiger partial charge in [0.25, 0.3) is 0 Å². The fraction of sp³-hybridized carbons (Fsp3) is 0.250. The Morgan fingerprint density at radius 2 is 1.76 bits per heavy atom. The smallest absolute Gasteiger partial charge is 0.161 e. The molecule has 0 aromatic heterocycles. The minimum atomic E-state index is -0.278. The first-order valence-corrected chi connectivity index (χ1v) is 7.28. The molecule has 2 rings (SSSR count). The molecule has 0 saturated heterocycles. The maximum atomic E-state index is 13.2. The van der Waals surface area contributed by atoms with Crippen LogP contribution in [-0.4, -0.2) is 14.2 Å². The van der Waals surface area contributed by atoms with E-state index in [1.54, 1.807) is 26.4 Å². The van der Waals surface area contributed by atoms with Crippen LogP contribution in [0.2, 0.25) is 0 Å². The van der Waals surface area contributed by atoms with Gasteiger partial charge >= 0.3 is 0 Å². The zero-order valence-corrected chi connectivity index (χ0v) is 13.7. The van der Waals surface area contributed by atoms with Crippen LogP contribution in [0, 0.1) is 5.82 Å². The van der Waals surface area contributed by atoms with Gasteiger partial charge in [0.1, 0.15) is 5.82 Å². The van der Waals surface area contributed by atoms with E-state index in [4.69, 9.17) is 9.47 Å². The quantitative estimate of drug-likeness (QED) is 0.838. The number of methoxy groups -OCH3 is 2. The molecule has 1 unspecified atom stereocenters. The molecule has 5 heteroatoms. The Morgan fingerprint density at radius 3 is 2.38 bits per heavy atom. The van der Waals surface area contributed by atoms with Gasteiger partial charge in [0, 0.05) is 11.7 Å². The van der Waals surface area contributed by atoms with Gasteiger partial charge in [0.05, 0.1) is 18.7 Å². The number of rotatable bonds is 5. The molecule has 0 aliphatic heterocycles.